The number of aromatic nitrogens is 6. The van der Waals surface area contributed by atoms with E-state index in [-0.39, 0.29) is 23.3 Å². The molecule has 0 aliphatic carbocycles. The Morgan fingerprint density at radius 1 is 1.36 bits per heavy atom. The Hall–Kier alpha value is -2.97. The van der Waals surface area contributed by atoms with E-state index in [0.717, 1.165) is 12.8 Å². The van der Waals surface area contributed by atoms with Crippen LogP contribution in [0.25, 0.3) is 17.0 Å². The van der Waals surface area contributed by atoms with Gasteiger partial charge in [-0.1, -0.05) is 13.8 Å². The van der Waals surface area contributed by atoms with E-state index in [4.69, 9.17) is 0 Å². The third kappa shape index (κ3) is 3.04. The third-order valence-electron chi connectivity index (χ3n) is 4.23. The molecule has 25 heavy (non-hydrogen) atoms. The van der Waals surface area contributed by atoms with Crippen molar-refractivity contribution in [3.05, 3.63) is 28.3 Å². The van der Waals surface area contributed by atoms with Gasteiger partial charge >= 0.3 is 0 Å². The summed E-state index contributed by atoms with van der Waals surface area (Å²) < 4.78 is 2.95. The Balaban J connectivity index is 2.05. The zero-order valence-corrected chi connectivity index (χ0v) is 14.7. The molecule has 2 N–H and O–H groups in total. The van der Waals surface area contributed by atoms with Crippen molar-refractivity contribution in [2.75, 3.05) is 5.32 Å². The maximum absolute atomic E-state index is 12.4. The highest BCUT2D eigenvalue weighted by Gasteiger charge is 2.19. The monoisotopic (exact) mass is 343 g/mol. The number of aromatic amines is 1. The molecule has 0 saturated carbocycles. The van der Waals surface area contributed by atoms with Crippen LogP contribution in [-0.4, -0.2) is 35.4 Å². The van der Waals surface area contributed by atoms with Crippen LogP contribution in [0.2, 0.25) is 0 Å². The molecule has 9 nitrogen and oxygen atoms in total. The summed E-state index contributed by atoms with van der Waals surface area (Å²) in [5.74, 6) is 0.554. The first-order valence-corrected chi connectivity index (χ1v) is 8.24. The van der Waals surface area contributed by atoms with Crippen molar-refractivity contribution in [2.24, 2.45) is 13.0 Å². The van der Waals surface area contributed by atoms with E-state index in [2.05, 4.69) is 25.5 Å². The summed E-state index contributed by atoms with van der Waals surface area (Å²) in [7, 11) is 1.71. The smallest absolute Gasteiger partial charge is 0.263 e. The average molecular weight is 343 g/mol. The number of hydrogen-bond acceptors (Lipinski definition) is 5. The van der Waals surface area contributed by atoms with Crippen molar-refractivity contribution >= 4 is 22.8 Å². The topological polar surface area (TPSA) is 110 Å². The van der Waals surface area contributed by atoms with E-state index in [1.165, 1.54) is 15.6 Å². The molecule has 0 aliphatic heterocycles. The molecule has 0 spiro atoms. The Morgan fingerprint density at radius 3 is 2.76 bits per heavy atom. The molecule has 3 aromatic heterocycles. The molecule has 3 aromatic rings. The number of nitrogens with one attached hydrogen (secondary N) is 2. The highest BCUT2D eigenvalue weighted by atomic mass is 16.2. The zero-order valence-electron chi connectivity index (χ0n) is 14.7. The van der Waals surface area contributed by atoms with Crippen molar-refractivity contribution in [1.82, 2.24) is 29.5 Å². The predicted octanol–water partition coefficient (Wildman–Crippen LogP) is 1.53. The summed E-state index contributed by atoms with van der Waals surface area (Å²) >= 11 is 0. The van der Waals surface area contributed by atoms with Crippen LogP contribution in [0.1, 0.15) is 32.4 Å². The number of hydrogen-bond donors (Lipinski definition) is 2. The first kappa shape index (κ1) is 16.9. The highest BCUT2D eigenvalue weighted by molar-refractivity contribution is 5.92. The van der Waals surface area contributed by atoms with Crippen LogP contribution in [0, 0.1) is 12.8 Å². The van der Waals surface area contributed by atoms with Gasteiger partial charge in [-0.05, 0) is 19.8 Å². The van der Waals surface area contributed by atoms with Crippen LogP contribution in [0.5, 0.6) is 0 Å². The number of anilines is 1. The fourth-order valence-electron chi connectivity index (χ4n) is 2.76. The number of nitrogens with zero attached hydrogens (tertiary/aromatic N) is 5. The van der Waals surface area contributed by atoms with E-state index >= 15 is 0 Å². The lowest BCUT2D eigenvalue weighted by Gasteiger charge is -2.13. The van der Waals surface area contributed by atoms with Crippen molar-refractivity contribution < 1.29 is 4.79 Å². The third-order valence-corrected chi connectivity index (χ3v) is 4.23. The number of fused-ring (bicyclic) bond motifs is 1. The number of aryl methyl sites for hydroxylation is 2. The minimum Gasteiger partial charge on any atom is -0.310 e. The van der Waals surface area contributed by atoms with Gasteiger partial charge in [-0.3, -0.25) is 19.3 Å². The second-order valence-corrected chi connectivity index (χ2v) is 5.98. The lowest BCUT2D eigenvalue weighted by atomic mass is 10.0. The fourth-order valence-corrected chi connectivity index (χ4v) is 2.76. The molecular weight excluding hydrogens is 322 g/mol. The quantitative estimate of drug-likeness (QED) is 0.730. The summed E-state index contributed by atoms with van der Waals surface area (Å²) in [6.07, 6.45) is 2.98. The lowest BCUT2D eigenvalue weighted by molar-refractivity contribution is -0.120. The first-order chi connectivity index (χ1) is 11.9. The number of amides is 1. The van der Waals surface area contributed by atoms with Crippen molar-refractivity contribution in [3.63, 3.8) is 0 Å². The van der Waals surface area contributed by atoms with Crippen LogP contribution in [-0.2, 0) is 11.8 Å². The Labute approximate surface area is 144 Å². The van der Waals surface area contributed by atoms with E-state index in [0.29, 0.717) is 22.5 Å². The Morgan fingerprint density at radius 2 is 2.08 bits per heavy atom. The second-order valence-electron chi connectivity index (χ2n) is 5.98. The molecular formula is C16H21N7O2. The summed E-state index contributed by atoms with van der Waals surface area (Å²) in [5.41, 5.74) is 0.843. The molecule has 0 radical (unpaired) electrons. The van der Waals surface area contributed by atoms with Crippen molar-refractivity contribution in [3.8, 4) is 5.95 Å². The average Bonchev–Trinajstić information content (AvgIpc) is 3.12. The number of carbonyl (C=O) groups excluding carboxylic acids is 1. The van der Waals surface area contributed by atoms with Gasteiger partial charge in [0.1, 0.15) is 11.2 Å². The van der Waals surface area contributed by atoms with Crippen molar-refractivity contribution in [2.45, 2.75) is 33.6 Å². The van der Waals surface area contributed by atoms with Crippen LogP contribution in [0.15, 0.2) is 17.1 Å². The number of H-pyrrole nitrogens is 1. The standard InChI is InChI=1S/C16H21N7O2/c1-5-10(6-2)14(24)18-12-7-9(3)21-23(12)16-19-13-11(15(25)20-16)8-17-22(13)4/h7-8,10H,5-6H2,1-4H3,(H,18,24)(H,19,20,25). The molecule has 0 aromatic carbocycles. The maximum atomic E-state index is 12.4. The fraction of sp³-hybridized carbons (Fsp3) is 0.438. The molecule has 1 amide bonds. The van der Waals surface area contributed by atoms with Gasteiger partial charge in [0.05, 0.1) is 11.9 Å². The van der Waals surface area contributed by atoms with Crippen LogP contribution < -0.4 is 10.9 Å². The zero-order chi connectivity index (χ0) is 18.1. The molecule has 3 rings (SSSR count). The summed E-state index contributed by atoms with van der Waals surface area (Å²) in [5, 5.41) is 11.7. The molecule has 9 heteroatoms. The van der Waals surface area contributed by atoms with Gasteiger partial charge in [0, 0.05) is 19.0 Å². The summed E-state index contributed by atoms with van der Waals surface area (Å²) in [6.45, 7) is 5.77. The molecule has 0 fully saturated rings. The minimum atomic E-state index is -0.307. The number of rotatable bonds is 5. The molecule has 0 bridgehead atoms. The first-order valence-electron chi connectivity index (χ1n) is 8.24. The van der Waals surface area contributed by atoms with E-state index in [1.807, 2.05) is 20.8 Å². The highest BCUT2D eigenvalue weighted by Crippen LogP contribution is 2.18. The predicted molar refractivity (Wildman–Crippen MR) is 93.7 cm³/mol. The molecule has 0 unspecified atom stereocenters. The number of carbonyl (C=O) groups is 1. The summed E-state index contributed by atoms with van der Waals surface area (Å²) in [6, 6.07) is 1.74. The maximum Gasteiger partial charge on any atom is 0.263 e. The van der Waals surface area contributed by atoms with Crippen LogP contribution >= 0.6 is 0 Å². The lowest BCUT2D eigenvalue weighted by Crippen LogP contribution is -2.24. The van der Waals surface area contributed by atoms with Gasteiger partial charge in [0.15, 0.2) is 5.65 Å². The largest absolute Gasteiger partial charge is 0.310 e. The van der Waals surface area contributed by atoms with Crippen LogP contribution in [0.3, 0.4) is 0 Å². The molecule has 3 heterocycles. The normalized spacial score (nSPS) is 11.4. The van der Waals surface area contributed by atoms with Gasteiger partial charge in [-0.15, -0.1) is 0 Å². The molecule has 132 valence electrons. The van der Waals surface area contributed by atoms with E-state index < -0.39 is 0 Å². The van der Waals surface area contributed by atoms with Gasteiger partial charge in [0.2, 0.25) is 11.9 Å². The van der Waals surface area contributed by atoms with E-state index in [1.54, 1.807) is 13.1 Å². The second kappa shape index (κ2) is 6.50. The Bertz CT molecular complexity index is 978. The molecule has 0 saturated heterocycles. The van der Waals surface area contributed by atoms with Gasteiger partial charge in [-0.2, -0.15) is 19.9 Å². The van der Waals surface area contributed by atoms with Gasteiger partial charge < -0.3 is 5.32 Å². The summed E-state index contributed by atoms with van der Waals surface area (Å²) in [4.78, 5) is 31.8. The van der Waals surface area contributed by atoms with Crippen LogP contribution in [0.4, 0.5) is 5.82 Å². The van der Waals surface area contributed by atoms with Gasteiger partial charge in [-0.25, -0.2) is 0 Å². The van der Waals surface area contributed by atoms with Crippen molar-refractivity contribution in [1.29, 1.82) is 0 Å². The molecule has 0 atom stereocenters. The van der Waals surface area contributed by atoms with Gasteiger partial charge in [0.25, 0.3) is 5.56 Å². The minimum absolute atomic E-state index is 0.0739. The Kier molecular flexibility index (Phi) is 4.39. The van der Waals surface area contributed by atoms with E-state index in [9.17, 15) is 9.59 Å². The SMILES string of the molecule is CCC(CC)C(=O)Nc1cc(C)nn1-c1nc2c(cnn2C)c(=O)[nH]1. The molecule has 0 aliphatic rings.